The first-order valence-corrected chi connectivity index (χ1v) is 3.14. The molecule has 0 saturated carbocycles. The van der Waals surface area contributed by atoms with Crippen molar-refractivity contribution >= 4 is 18.6 Å². The summed E-state index contributed by atoms with van der Waals surface area (Å²) in [6, 6.07) is 1.000. The molecule has 1 rings (SSSR count). The molecule has 0 amide bonds. The second-order valence-electron chi connectivity index (χ2n) is 1.83. The second-order valence-corrected chi connectivity index (χ2v) is 2.31. The SMILES string of the molecule is O=C(O)c1ncc(F)cc1S. The van der Waals surface area contributed by atoms with E-state index in [0.29, 0.717) is 0 Å². The van der Waals surface area contributed by atoms with Crippen molar-refractivity contribution in [2.75, 3.05) is 0 Å². The maximum absolute atomic E-state index is 12.3. The zero-order valence-corrected chi connectivity index (χ0v) is 6.18. The van der Waals surface area contributed by atoms with E-state index in [9.17, 15) is 9.18 Å². The van der Waals surface area contributed by atoms with Crippen molar-refractivity contribution in [3.05, 3.63) is 23.8 Å². The van der Waals surface area contributed by atoms with E-state index in [-0.39, 0.29) is 10.6 Å². The number of hydrogen-bond donors (Lipinski definition) is 2. The number of carboxylic acids is 1. The van der Waals surface area contributed by atoms with Crippen LogP contribution in [0.25, 0.3) is 0 Å². The molecule has 1 aromatic rings. The van der Waals surface area contributed by atoms with E-state index >= 15 is 0 Å². The topological polar surface area (TPSA) is 50.2 Å². The zero-order valence-electron chi connectivity index (χ0n) is 5.28. The summed E-state index contributed by atoms with van der Waals surface area (Å²) in [6.45, 7) is 0. The predicted octanol–water partition coefficient (Wildman–Crippen LogP) is 1.21. The summed E-state index contributed by atoms with van der Waals surface area (Å²) in [4.78, 5) is 13.7. The second kappa shape index (κ2) is 2.87. The molecule has 0 aliphatic heterocycles. The molecule has 0 unspecified atom stereocenters. The lowest BCUT2D eigenvalue weighted by molar-refractivity contribution is 0.0686. The molecule has 0 atom stereocenters. The first kappa shape index (κ1) is 8.00. The van der Waals surface area contributed by atoms with Gasteiger partial charge in [-0.3, -0.25) is 0 Å². The molecule has 5 heteroatoms. The monoisotopic (exact) mass is 173 g/mol. The fourth-order valence-corrected chi connectivity index (χ4v) is 0.870. The largest absolute Gasteiger partial charge is 0.476 e. The number of rotatable bonds is 1. The molecule has 3 nitrogen and oxygen atoms in total. The lowest BCUT2D eigenvalue weighted by Gasteiger charge is -1.96. The van der Waals surface area contributed by atoms with Crippen LogP contribution >= 0.6 is 12.6 Å². The molecule has 11 heavy (non-hydrogen) atoms. The number of carboxylic acid groups (broad SMARTS) is 1. The molecule has 0 spiro atoms. The number of carbonyl (C=O) groups is 1. The number of hydrogen-bond acceptors (Lipinski definition) is 3. The Balaban J connectivity index is 3.20. The Bertz CT molecular complexity index is 303. The van der Waals surface area contributed by atoms with Crippen LogP contribution in [0.1, 0.15) is 10.5 Å². The fourth-order valence-electron chi connectivity index (χ4n) is 0.593. The Morgan fingerprint density at radius 2 is 2.36 bits per heavy atom. The van der Waals surface area contributed by atoms with Crippen LogP contribution in [0.5, 0.6) is 0 Å². The summed E-state index contributed by atoms with van der Waals surface area (Å²) in [7, 11) is 0. The first-order valence-electron chi connectivity index (χ1n) is 2.69. The maximum atomic E-state index is 12.3. The quantitative estimate of drug-likeness (QED) is 0.627. The molecule has 1 aromatic heterocycles. The van der Waals surface area contributed by atoms with Gasteiger partial charge in [-0.05, 0) is 6.07 Å². The maximum Gasteiger partial charge on any atom is 0.355 e. The van der Waals surface area contributed by atoms with Gasteiger partial charge < -0.3 is 5.11 Å². The van der Waals surface area contributed by atoms with Crippen LogP contribution in [0.15, 0.2) is 17.2 Å². The third-order valence-electron chi connectivity index (χ3n) is 1.04. The Morgan fingerprint density at radius 1 is 1.73 bits per heavy atom. The average molecular weight is 173 g/mol. The third kappa shape index (κ3) is 1.68. The van der Waals surface area contributed by atoms with E-state index in [1.165, 1.54) is 0 Å². The number of aromatic nitrogens is 1. The van der Waals surface area contributed by atoms with Gasteiger partial charge in [0, 0.05) is 4.90 Å². The van der Waals surface area contributed by atoms with Gasteiger partial charge in [0.25, 0.3) is 0 Å². The molecule has 0 bridgehead atoms. The minimum Gasteiger partial charge on any atom is -0.476 e. The van der Waals surface area contributed by atoms with E-state index in [0.717, 1.165) is 12.3 Å². The predicted molar refractivity (Wildman–Crippen MR) is 38.4 cm³/mol. The fraction of sp³-hybridized carbons (Fsp3) is 0. The Hall–Kier alpha value is -1.10. The van der Waals surface area contributed by atoms with Crippen molar-refractivity contribution in [2.45, 2.75) is 4.90 Å². The van der Waals surface area contributed by atoms with Gasteiger partial charge in [-0.1, -0.05) is 0 Å². The van der Waals surface area contributed by atoms with E-state index in [4.69, 9.17) is 5.11 Å². The highest BCUT2D eigenvalue weighted by Gasteiger charge is 2.08. The molecule has 0 aromatic carbocycles. The number of aromatic carboxylic acids is 1. The van der Waals surface area contributed by atoms with E-state index in [1.807, 2.05) is 0 Å². The minimum absolute atomic E-state index is 0.0255. The molecule has 0 aliphatic rings. The summed E-state index contributed by atoms with van der Waals surface area (Å²) in [6.07, 6.45) is 0.836. The average Bonchev–Trinajstić information content (AvgIpc) is 1.85. The number of halogens is 1. The van der Waals surface area contributed by atoms with Crippen molar-refractivity contribution in [3.8, 4) is 0 Å². The Labute approximate surface area is 67.3 Å². The summed E-state index contributed by atoms with van der Waals surface area (Å²) in [5, 5.41) is 8.42. The van der Waals surface area contributed by atoms with Gasteiger partial charge in [-0.25, -0.2) is 14.2 Å². The third-order valence-corrected chi connectivity index (χ3v) is 1.38. The van der Waals surface area contributed by atoms with Crippen molar-refractivity contribution < 1.29 is 14.3 Å². The van der Waals surface area contributed by atoms with Crippen LogP contribution in [0.3, 0.4) is 0 Å². The van der Waals surface area contributed by atoms with Crippen LogP contribution in [0.2, 0.25) is 0 Å². The standard InChI is InChI=1S/C6H4FNO2S/c7-3-1-4(11)5(6(9)10)8-2-3/h1-2,11H,(H,9,10). The molecule has 0 fully saturated rings. The normalized spacial score (nSPS) is 9.64. The van der Waals surface area contributed by atoms with Crippen molar-refractivity contribution in [3.63, 3.8) is 0 Å². The summed E-state index contributed by atoms with van der Waals surface area (Å²) in [5.41, 5.74) is -0.241. The molecular formula is C6H4FNO2S. The Kier molecular flexibility index (Phi) is 2.09. The highest BCUT2D eigenvalue weighted by atomic mass is 32.1. The van der Waals surface area contributed by atoms with Crippen molar-refractivity contribution in [1.82, 2.24) is 4.98 Å². The van der Waals surface area contributed by atoms with Crippen LogP contribution in [-0.2, 0) is 0 Å². The molecular weight excluding hydrogens is 169 g/mol. The van der Waals surface area contributed by atoms with Gasteiger partial charge in [-0.15, -0.1) is 12.6 Å². The Morgan fingerprint density at radius 3 is 2.82 bits per heavy atom. The van der Waals surface area contributed by atoms with Crippen LogP contribution in [0, 0.1) is 5.82 Å². The minimum atomic E-state index is -1.21. The highest BCUT2D eigenvalue weighted by molar-refractivity contribution is 7.80. The van der Waals surface area contributed by atoms with E-state index in [1.54, 1.807) is 0 Å². The van der Waals surface area contributed by atoms with Crippen LogP contribution in [0.4, 0.5) is 4.39 Å². The van der Waals surface area contributed by atoms with E-state index in [2.05, 4.69) is 17.6 Å². The highest BCUT2D eigenvalue weighted by Crippen LogP contribution is 2.11. The first-order chi connectivity index (χ1) is 5.11. The van der Waals surface area contributed by atoms with Gasteiger partial charge in [0.05, 0.1) is 6.20 Å². The smallest absolute Gasteiger partial charge is 0.355 e. The molecule has 58 valence electrons. The van der Waals surface area contributed by atoms with Gasteiger partial charge in [0.2, 0.25) is 0 Å². The lowest BCUT2D eigenvalue weighted by atomic mass is 10.3. The number of nitrogens with zero attached hydrogens (tertiary/aromatic N) is 1. The summed E-state index contributed by atoms with van der Waals surface area (Å²) in [5.74, 6) is -1.81. The van der Waals surface area contributed by atoms with E-state index < -0.39 is 11.8 Å². The molecule has 0 aliphatic carbocycles. The van der Waals surface area contributed by atoms with Crippen molar-refractivity contribution in [1.29, 1.82) is 0 Å². The molecule has 1 heterocycles. The van der Waals surface area contributed by atoms with Crippen LogP contribution in [-0.4, -0.2) is 16.1 Å². The van der Waals surface area contributed by atoms with Gasteiger partial charge >= 0.3 is 5.97 Å². The molecule has 0 saturated heterocycles. The zero-order chi connectivity index (χ0) is 8.43. The number of pyridine rings is 1. The van der Waals surface area contributed by atoms with Gasteiger partial charge in [-0.2, -0.15) is 0 Å². The summed E-state index contributed by atoms with van der Waals surface area (Å²) >= 11 is 3.72. The number of thiol groups is 1. The molecule has 0 radical (unpaired) electrons. The van der Waals surface area contributed by atoms with Crippen LogP contribution < -0.4 is 0 Å². The van der Waals surface area contributed by atoms with Crippen molar-refractivity contribution in [2.24, 2.45) is 0 Å². The lowest BCUT2D eigenvalue weighted by Crippen LogP contribution is -2.01. The molecule has 1 N–H and O–H groups in total. The summed E-state index contributed by atoms with van der Waals surface area (Å²) < 4.78 is 12.3. The van der Waals surface area contributed by atoms with Gasteiger partial charge in [0.15, 0.2) is 5.69 Å². The van der Waals surface area contributed by atoms with Gasteiger partial charge in [0.1, 0.15) is 5.82 Å².